The van der Waals surface area contributed by atoms with Gasteiger partial charge in [-0.2, -0.15) is 0 Å². The van der Waals surface area contributed by atoms with Gasteiger partial charge in [-0.15, -0.1) is 0 Å². The number of imide groups is 1. The Kier molecular flexibility index (Phi) is 6.46. The first kappa shape index (κ1) is 22.3. The van der Waals surface area contributed by atoms with Crippen LogP contribution in [0.2, 0.25) is 5.02 Å². The minimum absolute atomic E-state index is 0.00711. The van der Waals surface area contributed by atoms with E-state index >= 15 is 0 Å². The Morgan fingerprint density at radius 2 is 1.91 bits per heavy atom. The predicted octanol–water partition coefficient (Wildman–Crippen LogP) is 3.67. The van der Waals surface area contributed by atoms with Crippen molar-refractivity contribution in [3.63, 3.8) is 0 Å². The second-order valence-electron chi connectivity index (χ2n) is 8.48. The highest BCUT2D eigenvalue weighted by Gasteiger charge is 2.42. The Morgan fingerprint density at radius 1 is 1.19 bits per heavy atom. The minimum Gasteiger partial charge on any atom is -0.357 e. The highest BCUT2D eigenvalue weighted by atomic mass is 35.5. The summed E-state index contributed by atoms with van der Waals surface area (Å²) in [6, 6.07) is 11.1. The average molecular weight is 455 g/mol. The molecule has 3 heterocycles. The normalized spacial score (nSPS) is 21.9. The molecule has 8 heteroatoms. The summed E-state index contributed by atoms with van der Waals surface area (Å²) in [4.78, 5) is 43.4. The van der Waals surface area contributed by atoms with Crippen LogP contribution in [-0.4, -0.2) is 35.8 Å². The molecule has 1 aromatic heterocycles. The van der Waals surface area contributed by atoms with Crippen molar-refractivity contribution in [2.75, 3.05) is 23.3 Å². The molecule has 0 spiro atoms. The van der Waals surface area contributed by atoms with Gasteiger partial charge in [0.2, 0.25) is 17.7 Å². The Morgan fingerprint density at radius 3 is 2.50 bits per heavy atom. The molecule has 7 nitrogen and oxygen atoms in total. The highest BCUT2D eigenvalue weighted by Crippen LogP contribution is 2.36. The number of hydrogen-bond donors (Lipinski definition) is 2. The summed E-state index contributed by atoms with van der Waals surface area (Å²) in [5.74, 6) is 0.362. The van der Waals surface area contributed by atoms with Gasteiger partial charge in [-0.05, 0) is 55.5 Å². The lowest BCUT2D eigenvalue weighted by Crippen LogP contribution is -2.51. The van der Waals surface area contributed by atoms with Gasteiger partial charge in [0.15, 0.2) is 0 Å². The Labute approximate surface area is 192 Å². The molecule has 0 bridgehead atoms. The van der Waals surface area contributed by atoms with Gasteiger partial charge in [0, 0.05) is 37.3 Å². The average Bonchev–Trinajstić information content (AvgIpc) is 2.81. The van der Waals surface area contributed by atoms with Crippen LogP contribution >= 0.6 is 11.6 Å². The van der Waals surface area contributed by atoms with E-state index in [0.717, 1.165) is 37.3 Å². The smallest absolute Gasteiger partial charge is 0.237 e. The molecule has 32 heavy (non-hydrogen) atoms. The molecule has 2 saturated heterocycles. The van der Waals surface area contributed by atoms with Crippen molar-refractivity contribution in [1.29, 1.82) is 0 Å². The fourth-order valence-corrected chi connectivity index (χ4v) is 4.72. The number of amides is 3. The van der Waals surface area contributed by atoms with Gasteiger partial charge in [-0.1, -0.05) is 30.7 Å². The molecule has 2 N–H and O–H groups in total. The Hall–Kier alpha value is -2.93. The molecule has 168 valence electrons. The Balaban J connectivity index is 1.35. The first-order valence-electron chi connectivity index (χ1n) is 11.0. The molecule has 0 saturated carbocycles. The van der Waals surface area contributed by atoms with Crippen molar-refractivity contribution in [2.45, 2.75) is 44.4 Å². The van der Waals surface area contributed by atoms with E-state index in [1.54, 1.807) is 6.20 Å². The number of aromatic nitrogens is 1. The largest absolute Gasteiger partial charge is 0.357 e. The molecule has 1 atom stereocenters. The molecule has 2 aromatic rings. The molecule has 2 aliphatic rings. The first-order chi connectivity index (χ1) is 15.4. The molecule has 4 rings (SSSR count). The standard InChI is InChI=1S/C24H27ClN4O3/c1-2-24(12-9-21(30)28-23(24)32)17-3-6-19(7-4-17)27-22(31)16-10-13-29(14-11-16)20-8-5-18(25)15-26-20/h3-8,15-16H,2,9-14H2,1H3,(H,27,31)(H,28,30,32). The van der Waals surface area contributed by atoms with Gasteiger partial charge in [-0.3, -0.25) is 19.7 Å². The van der Waals surface area contributed by atoms with Crippen molar-refractivity contribution in [1.82, 2.24) is 10.3 Å². The summed E-state index contributed by atoms with van der Waals surface area (Å²) in [6.45, 7) is 3.48. The minimum atomic E-state index is -0.695. The number of carbonyl (C=O) groups is 3. The van der Waals surface area contributed by atoms with Crippen LogP contribution in [0.4, 0.5) is 11.5 Å². The van der Waals surface area contributed by atoms with E-state index in [0.29, 0.717) is 30.0 Å². The lowest BCUT2D eigenvalue weighted by molar-refractivity contribution is -0.138. The van der Waals surface area contributed by atoms with Crippen molar-refractivity contribution in [2.24, 2.45) is 5.92 Å². The Bertz CT molecular complexity index is 1000. The number of nitrogens with zero attached hydrogens (tertiary/aromatic N) is 2. The van der Waals surface area contributed by atoms with Crippen LogP contribution in [0, 0.1) is 5.92 Å². The van der Waals surface area contributed by atoms with Crippen LogP contribution in [0.1, 0.15) is 44.6 Å². The van der Waals surface area contributed by atoms with Crippen molar-refractivity contribution in [3.05, 3.63) is 53.2 Å². The summed E-state index contributed by atoms with van der Waals surface area (Å²) in [7, 11) is 0. The number of carbonyl (C=O) groups excluding carboxylic acids is 3. The third-order valence-electron chi connectivity index (χ3n) is 6.68. The monoisotopic (exact) mass is 454 g/mol. The number of hydrogen-bond acceptors (Lipinski definition) is 5. The second-order valence-corrected chi connectivity index (χ2v) is 8.91. The van der Waals surface area contributed by atoms with Crippen LogP contribution in [0.15, 0.2) is 42.6 Å². The molecule has 0 radical (unpaired) electrons. The number of benzene rings is 1. The lowest BCUT2D eigenvalue weighted by Gasteiger charge is -2.35. The van der Waals surface area contributed by atoms with Gasteiger partial charge >= 0.3 is 0 Å². The van der Waals surface area contributed by atoms with Crippen LogP contribution in [0.3, 0.4) is 0 Å². The number of piperidine rings is 2. The summed E-state index contributed by atoms with van der Waals surface area (Å²) in [6.07, 6.45) is 4.58. The first-order valence-corrected chi connectivity index (χ1v) is 11.4. The van der Waals surface area contributed by atoms with Gasteiger partial charge < -0.3 is 10.2 Å². The third-order valence-corrected chi connectivity index (χ3v) is 6.90. The summed E-state index contributed by atoms with van der Waals surface area (Å²) in [5.41, 5.74) is 0.879. The summed E-state index contributed by atoms with van der Waals surface area (Å²) < 4.78 is 0. The zero-order chi connectivity index (χ0) is 22.7. The molecular weight excluding hydrogens is 428 g/mol. The molecule has 0 aliphatic carbocycles. The van der Waals surface area contributed by atoms with E-state index in [9.17, 15) is 14.4 Å². The fraction of sp³-hybridized carbons (Fsp3) is 0.417. The van der Waals surface area contributed by atoms with E-state index in [-0.39, 0.29) is 23.6 Å². The quantitative estimate of drug-likeness (QED) is 0.672. The van der Waals surface area contributed by atoms with Gasteiger partial charge in [0.05, 0.1) is 10.4 Å². The van der Waals surface area contributed by atoms with Gasteiger partial charge in [0.1, 0.15) is 5.82 Å². The topological polar surface area (TPSA) is 91.4 Å². The lowest BCUT2D eigenvalue weighted by atomic mass is 9.72. The fourth-order valence-electron chi connectivity index (χ4n) is 4.61. The van der Waals surface area contributed by atoms with E-state index < -0.39 is 5.41 Å². The summed E-state index contributed by atoms with van der Waals surface area (Å²) >= 11 is 5.91. The molecule has 2 aliphatic heterocycles. The zero-order valence-electron chi connectivity index (χ0n) is 18.1. The number of anilines is 2. The van der Waals surface area contributed by atoms with Crippen molar-refractivity contribution in [3.8, 4) is 0 Å². The number of nitrogens with one attached hydrogen (secondary N) is 2. The maximum Gasteiger partial charge on any atom is 0.237 e. The summed E-state index contributed by atoms with van der Waals surface area (Å²) in [5, 5.41) is 6.08. The van der Waals surface area contributed by atoms with Crippen LogP contribution in [-0.2, 0) is 19.8 Å². The van der Waals surface area contributed by atoms with Gasteiger partial charge in [-0.25, -0.2) is 4.98 Å². The third kappa shape index (κ3) is 4.48. The van der Waals surface area contributed by atoms with Crippen LogP contribution in [0.25, 0.3) is 0 Å². The number of rotatable bonds is 5. The van der Waals surface area contributed by atoms with Crippen LogP contribution < -0.4 is 15.5 Å². The second kappa shape index (κ2) is 9.28. The molecule has 3 amide bonds. The van der Waals surface area contributed by atoms with Crippen LogP contribution in [0.5, 0.6) is 0 Å². The number of halogens is 1. The zero-order valence-corrected chi connectivity index (χ0v) is 18.8. The highest BCUT2D eigenvalue weighted by molar-refractivity contribution is 6.30. The van der Waals surface area contributed by atoms with E-state index in [1.807, 2.05) is 43.3 Å². The number of pyridine rings is 1. The van der Waals surface area contributed by atoms with Gasteiger partial charge in [0.25, 0.3) is 0 Å². The molecule has 1 aromatic carbocycles. The van der Waals surface area contributed by atoms with Crippen molar-refractivity contribution >= 4 is 40.8 Å². The van der Waals surface area contributed by atoms with E-state index in [1.165, 1.54) is 0 Å². The molecule has 1 unspecified atom stereocenters. The maximum absolute atomic E-state index is 12.8. The van der Waals surface area contributed by atoms with E-state index in [4.69, 9.17) is 11.6 Å². The molecule has 2 fully saturated rings. The molecular formula is C24H27ClN4O3. The maximum atomic E-state index is 12.8. The predicted molar refractivity (Wildman–Crippen MR) is 124 cm³/mol. The SMILES string of the molecule is CCC1(c2ccc(NC(=O)C3CCN(c4ccc(Cl)cn4)CC3)cc2)CCC(=O)NC1=O. The van der Waals surface area contributed by atoms with E-state index in [2.05, 4.69) is 20.5 Å². The van der Waals surface area contributed by atoms with Crippen molar-refractivity contribution < 1.29 is 14.4 Å².